The van der Waals surface area contributed by atoms with Crippen molar-refractivity contribution in [2.24, 2.45) is 0 Å². The summed E-state index contributed by atoms with van der Waals surface area (Å²) >= 11 is 3.33. The second kappa shape index (κ2) is 4.87. The van der Waals surface area contributed by atoms with E-state index in [2.05, 4.69) is 21.2 Å². The predicted octanol–water partition coefficient (Wildman–Crippen LogP) is 1.41. The van der Waals surface area contributed by atoms with Crippen LogP contribution in [0.25, 0.3) is 0 Å². The maximum absolute atomic E-state index is 12.0. The zero-order valence-corrected chi connectivity index (χ0v) is 11.0. The van der Waals surface area contributed by atoms with Gasteiger partial charge in [0.05, 0.1) is 11.6 Å². The standard InChI is InChI=1S/C12H13BrN2O2/c1-15-7-8(6-11(15)16)14-12(17)9-4-2-3-5-10(9)13/h2-5,8H,6-7H2,1H3,(H,14,17)/t8-/m1/s1. The van der Waals surface area contributed by atoms with Crippen molar-refractivity contribution in [2.75, 3.05) is 13.6 Å². The fourth-order valence-electron chi connectivity index (χ4n) is 1.87. The van der Waals surface area contributed by atoms with Crippen LogP contribution in [0.5, 0.6) is 0 Å². The van der Waals surface area contributed by atoms with Crippen LogP contribution in [0.2, 0.25) is 0 Å². The minimum absolute atomic E-state index is 0.0717. The smallest absolute Gasteiger partial charge is 0.252 e. The van der Waals surface area contributed by atoms with Crippen LogP contribution in [0.4, 0.5) is 0 Å². The Morgan fingerprint density at radius 1 is 1.47 bits per heavy atom. The topological polar surface area (TPSA) is 49.4 Å². The molecule has 0 saturated carbocycles. The number of likely N-dealkylation sites (N-methyl/N-ethyl adjacent to an activating group) is 1. The highest BCUT2D eigenvalue weighted by Crippen LogP contribution is 2.16. The molecule has 0 bridgehead atoms. The monoisotopic (exact) mass is 296 g/mol. The molecule has 5 heteroatoms. The Kier molecular flexibility index (Phi) is 3.47. The number of likely N-dealkylation sites (tertiary alicyclic amines) is 1. The Balaban J connectivity index is 2.03. The number of carbonyl (C=O) groups excluding carboxylic acids is 2. The van der Waals surface area contributed by atoms with Gasteiger partial charge < -0.3 is 10.2 Å². The molecular formula is C12H13BrN2O2. The number of carbonyl (C=O) groups is 2. The van der Waals surface area contributed by atoms with E-state index in [-0.39, 0.29) is 17.9 Å². The van der Waals surface area contributed by atoms with Gasteiger partial charge in [-0.3, -0.25) is 9.59 Å². The lowest BCUT2D eigenvalue weighted by molar-refractivity contribution is -0.126. The average Bonchev–Trinajstić information content (AvgIpc) is 2.58. The highest BCUT2D eigenvalue weighted by molar-refractivity contribution is 9.10. The van der Waals surface area contributed by atoms with Gasteiger partial charge in [0.2, 0.25) is 5.91 Å². The number of halogens is 1. The number of hydrogen-bond acceptors (Lipinski definition) is 2. The third kappa shape index (κ3) is 2.66. The first-order chi connectivity index (χ1) is 8.08. The molecule has 1 aliphatic rings. The number of nitrogens with zero attached hydrogens (tertiary/aromatic N) is 1. The molecule has 0 unspecified atom stereocenters. The van der Waals surface area contributed by atoms with E-state index < -0.39 is 0 Å². The fraction of sp³-hybridized carbons (Fsp3) is 0.333. The first kappa shape index (κ1) is 12.1. The SMILES string of the molecule is CN1C[C@H](NC(=O)c2ccccc2Br)CC1=O. The van der Waals surface area contributed by atoms with Gasteiger partial charge in [-0.1, -0.05) is 12.1 Å². The number of nitrogens with one attached hydrogen (secondary N) is 1. The van der Waals surface area contributed by atoms with Crippen molar-refractivity contribution in [3.63, 3.8) is 0 Å². The molecule has 2 rings (SSSR count). The molecule has 90 valence electrons. The summed E-state index contributed by atoms with van der Waals surface area (Å²) in [4.78, 5) is 24.9. The van der Waals surface area contributed by atoms with E-state index in [0.717, 1.165) is 4.47 Å². The van der Waals surface area contributed by atoms with Crippen molar-refractivity contribution in [3.05, 3.63) is 34.3 Å². The van der Waals surface area contributed by atoms with Gasteiger partial charge >= 0.3 is 0 Å². The second-order valence-electron chi connectivity index (χ2n) is 4.13. The number of rotatable bonds is 2. The quantitative estimate of drug-likeness (QED) is 0.897. The van der Waals surface area contributed by atoms with Gasteiger partial charge in [0.1, 0.15) is 0 Å². The molecule has 1 atom stereocenters. The molecule has 0 aliphatic carbocycles. The number of benzene rings is 1. The summed E-state index contributed by atoms with van der Waals surface area (Å²) in [6, 6.07) is 7.15. The Bertz CT molecular complexity index is 462. The summed E-state index contributed by atoms with van der Waals surface area (Å²) in [6.45, 7) is 0.578. The van der Waals surface area contributed by atoms with E-state index in [1.54, 1.807) is 18.0 Å². The van der Waals surface area contributed by atoms with Crippen molar-refractivity contribution in [1.29, 1.82) is 0 Å². The van der Waals surface area contributed by atoms with Crippen LogP contribution in [0.1, 0.15) is 16.8 Å². The van der Waals surface area contributed by atoms with Crippen LogP contribution >= 0.6 is 15.9 Å². The minimum Gasteiger partial charge on any atom is -0.347 e. The van der Waals surface area contributed by atoms with Gasteiger partial charge in [-0.2, -0.15) is 0 Å². The van der Waals surface area contributed by atoms with Gasteiger partial charge in [-0.25, -0.2) is 0 Å². The largest absolute Gasteiger partial charge is 0.347 e. The van der Waals surface area contributed by atoms with Gasteiger partial charge in [0.25, 0.3) is 5.91 Å². The van der Waals surface area contributed by atoms with Crippen LogP contribution in [-0.4, -0.2) is 36.3 Å². The third-order valence-corrected chi connectivity index (χ3v) is 3.49. The summed E-state index contributed by atoms with van der Waals surface area (Å²) in [5.74, 6) is -0.0759. The maximum atomic E-state index is 12.0. The van der Waals surface area contributed by atoms with Crippen LogP contribution < -0.4 is 5.32 Å². The van der Waals surface area contributed by atoms with E-state index in [4.69, 9.17) is 0 Å². The van der Waals surface area contributed by atoms with Crippen LogP contribution in [0.3, 0.4) is 0 Å². The van der Waals surface area contributed by atoms with E-state index in [0.29, 0.717) is 18.5 Å². The first-order valence-corrected chi connectivity index (χ1v) is 6.16. The molecule has 0 aromatic heterocycles. The summed E-state index contributed by atoms with van der Waals surface area (Å²) < 4.78 is 0.759. The van der Waals surface area contributed by atoms with Crippen molar-refractivity contribution < 1.29 is 9.59 Å². The summed E-state index contributed by atoms with van der Waals surface area (Å²) in [5, 5.41) is 2.87. The Labute approximate surface area is 108 Å². The second-order valence-corrected chi connectivity index (χ2v) is 4.98. The summed E-state index contributed by atoms with van der Waals surface area (Å²) in [6.07, 6.45) is 0.382. The Hall–Kier alpha value is -1.36. The van der Waals surface area contributed by atoms with Gasteiger partial charge in [0, 0.05) is 24.5 Å². The van der Waals surface area contributed by atoms with Crippen molar-refractivity contribution >= 4 is 27.7 Å². The maximum Gasteiger partial charge on any atom is 0.252 e. The van der Waals surface area contributed by atoms with Crippen molar-refractivity contribution in [2.45, 2.75) is 12.5 Å². The molecule has 1 heterocycles. The number of hydrogen-bond donors (Lipinski definition) is 1. The normalized spacial score (nSPS) is 19.5. The zero-order chi connectivity index (χ0) is 12.4. The van der Waals surface area contributed by atoms with E-state index >= 15 is 0 Å². The van der Waals surface area contributed by atoms with Gasteiger partial charge in [-0.15, -0.1) is 0 Å². The molecule has 2 amide bonds. The molecule has 17 heavy (non-hydrogen) atoms. The van der Waals surface area contributed by atoms with Crippen LogP contribution in [0, 0.1) is 0 Å². The van der Waals surface area contributed by atoms with Gasteiger partial charge in [0.15, 0.2) is 0 Å². The molecule has 1 saturated heterocycles. The zero-order valence-electron chi connectivity index (χ0n) is 9.44. The highest BCUT2D eigenvalue weighted by Gasteiger charge is 2.28. The number of amides is 2. The lowest BCUT2D eigenvalue weighted by Crippen LogP contribution is -2.36. The molecule has 1 aliphatic heterocycles. The Morgan fingerprint density at radius 2 is 2.18 bits per heavy atom. The molecule has 0 spiro atoms. The van der Waals surface area contributed by atoms with Gasteiger partial charge in [-0.05, 0) is 28.1 Å². The molecule has 1 aromatic carbocycles. The van der Waals surface area contributed by atoms with E-state index in [9.17, 15) is 9.59 Å². The molecule has 1 aromatic rings. The Morgan fingerprint density at radius 3 is 2.76 bits per heavy atom. The third-order valence-electron chi connectivity index (χ3n) is 2.79. The van der Waals surface area contributed by atoms with Crippen LogP contribution in [0.15, 0.2) is 28.7 Å². The molecular weight excluding hydrogens is 284 g/mol. The summed E-state index contributed by atoms with van der Waals surface area (Å²) in [7, 11) is 1.74. The predicted molar refractivity (Wildman–Crippen MR) is 67.7 cm³/mol. The average molecular weight is 297 g/mol. The first-order valence-electron chi connectivity index (χ1n) is 5.37. The minimum atomic E-state index is -0.148. The molecule has 1 fully saturated rings. The van der Waals surface area contributed by atoms with Crippen molar-refractivity contribution in [3.8, 4) is 0 Å². The van der Waals surface area contributed by atoms with E-state index in [1.165, 1.54) is 0 Å². The molecule has 0 radical (unpaired) electrons. The molecule has 1 N–H and O–H groups in total. The highest BCUT2D eigenvalue weighted by atomic mass is 79.9. The summed E-state index contributed by atoms with van der Waals surface area (Å²) in [5.41, 5.74) is 0.592. The molecule has 4 nitrogen and oxygen atoms in total. The van der Waals surface area contributed by atoms with E-state index in [1.807, 2.05) is 18.2 Å². The lowest BCUT2D eigenvalue weighted by Gasteiger charge is -2.13. The lowest BCUT2D eigenvalue weighted by atomic mass is 10.2. The van der Waals surface area contributed by atoms with Crippen molar-refractivity contribution in [1.82, 2.24) is 10.2 Å². The van der Waals surface area contributed by atoms with Crippen LogP contribution in [-0.2, 0) is 4.79 Å². The fourth-order valence-corrected chi connectivity index (χ4v) is 2.33.